The van der Waals surface area contributed by atoms with Crippen molar-refractivity contribution in [3.63, 3.8) is 0 Å². The van der Waals surface area contributed by atoms with Gasteiger partial charge in [-0.25, -0.2) is 9.59 Å². The molecule has 0 aliphatic rings. The van der Waals surface area contributed by atoms with E-state index in [2.05, 4.69) is 148 Å². The van der Waals surface area contributed by atoms with Gasteiger partial charge in [-0.2, -0.15) is 0 Å². The number of nitro benzene ring substituents is 1. The summed E-state index contributed by atoms with van der Waals surface area (Å²) in [5.41, 5.74) is 27.0. The van der Waals surface area contributed by atoms with E-state index in [0.29, 0.717) is 0 Å². The summed E-state index contributed by atoms with van der Waals surface area (Å²) in [4.78, 5) is 42.8. The van der Waals surface area contributed by atoms with Crippen molar-refractivity contribution < 1.29 is 33.6 Å². The van der Waals surface area contributed by atoms with Crippen LogP contribution in [-0.4, -0.2) is 51.3 Å². The number of amides is 1. The topological polar surface area (TPSA) is 221 Å². The number of aromatic nitrogens is 2. The molecule has 23 heteroatoms. The molecule has 0 unspecified atom stereocenters. The maximum absolute atomic E-state index is 12.3. The van der Waals surface area contributed by atoms with E-state index in [1.54, 1.807) is 23.4 Å². The number of nitrogens with zero attached hydrogens (tertiary/aromatic N) is 3. The van der Waals surface area contributed by atoms with Crippen LogP contribution in [0.5, 0.6) is 5.75 Å². The molecule has 0 saturated heterocycles. The normalized spacial score (nSPS) is 11.7. The molecule has 14 nitrogen and oxygen atoms in total. The molecule has 0 aliphatic carbocycles. The third-order valence-corrected chi connectivity index (χ3v) is 11.9. The number of benzene rings is 5. The Bertz CT molecular complexity index is 2480. The van der Waals surface area contributed by atoms with Gasteiger partial charge in [0.2, 0.25) is 0 Å². The van der Waals surface area contributed by atoms with Crippen molar-refractivity contribution in [2.45, 2.75) is 88.7 Å². The number of non-ortho nitro benzene ring substituents is 1. The number of hydrogen-bond donors (Lipinski definition) is 4. The zero-order valence-corrected chi connectivity index (χ0v) is 52.6. The Hall–Kier alpha value is -3.18. The summed E-state index contributed by atoms with van der Waals surface area (Å²) in [6.45, 7) is 0.318. The van der Waals surface area contributed by atoms with Crippen LogP contribution in [0.3, 0.4) is 0 Å². The molecule has 7 N–H and O–H groups in total. The van der Waals surface area contributed by atoms with E-state index in [1.165, 1.54) is 69.2 Å². The zero-order valence-electron chi connectivity index (χ0n) is 40.6. The van der Waals surface area contributed by atoms with E-state index in [-0.39, 0.29) is 91.0 Å². The van der Waals surface area contributed by atoms with Crippen LogP contribution >= 0.6 is 120 Å². The summed E-state index contributed by atoms with van der Waals surface area (Å²) >= 11 is 10.2. The van der Waals surface area contributed by atoms with Crippen molar-refractivity contribution in [2.24, 2.45) is 17.2 Å². The third kappa shape index (κ3) is 33.0. The zero-order chi connectivity index (χ0) is 51.8. The molecule has 0 fully saturated rings. The van der Waals surface area contributed by atoms with E-state index in [0.717, 1.165) is 61.1 Å². The Kier molecular flexibility index (Phi) is 39.0. The van der Waals surface area contributed by atoms with Crippen LogP contribution in [0, 0.1) is 10.1 Å². The van der Waals surface area contributed by atoms with Gasteiger partial charge in [-0.1, -0.05) is 121 Å². The first-order chi connectivity index (χ1) is 34.8. The maximum atomic E-state index is 12.3. The summed E-state index contributed by atoms with van der Waals surface area (Å²) < 4.78 is 15.0. The predicted octanol–water partition coefficient (Wildman–Crippen LogP) is 13.9. The molecule has 1 amide bonds. The molecular formula is C52H62Cl3I3N7O7S2V. The second kappa shape index (κ2) is 41.9. The molecule has 0 spiro atoms. The van der Waals surface area contributed by atoms with Gasteiger partial charge in [0.05, 0.1) is 25.7 Å². The van der Waals surface area contributed by atoms with Crippen molar-refractivity contribution in [1.29, 1.82) is 0 Å². The predicted molar refractivity (Wildman–Crippen MR) is 332 cm³/mol. The molecule has 75 heavy (non-hydrogen) atoms. The second-order valence-corrected chi connectivity index (χ2v) is 53.4. The number of ether oxygens (including phenoxy) is 3. The quantitative estimate of drug-likeness (QED) is 0.0174. The Balaban J connectivity index is 0.000000546. The molecular weight excluding hydrogens is 1440 g/mol. The summed E-state index contributed by atoms with van der Waals surface area (Å²) in [6.07, 6.45) is 9.01. The van der Waals surface area contributed by atoms with Crippen molar-refractivity contribution in [3.8, 4) is 5.75 Å². The van der Waals surface area contributed by atoms with Crippen LogP contribution in [-0.2, 0) is 53.3 Å². The van der Waals surface area contributed by atoms with Gasteiger partial charge < -0.3 is 36.7 Å². The Morgan fingerprint density at radius 2 is 0.933 bits per heavy atom. The number of rotatable bonds is 21. The van der Waals surface area contributed by atoms with E-state index in [4.69, 9.17) is 31.4 Å². The van der Waals surface area contributed by atoms with Gasteiger partial charge >= 0.3 is 77.1 Å². The fourth-order valence-electron chi connectivity index (χ4n) is 6.89. The van der Waals surface area contributed by atoms with Gasteiger partial charge in [0.25, 0.3) is 5.69 Å². The standard InChI is InChI=1S/C23H27N3O2S.C18H24N2.C11H8N2O5S.3ClH.3HI.V/c24-20(13-18-7-3-1-4-8-18)11-12-21(14-19-9-5-2-6-10-19)26-23(27)28-16-22-15-25-17-29-22;19-17(13-15-7-3-1-4-8-15)11-12-18(20)14-16-9-5-2-6-10-16;14-11(17-6-10-5-12-7-19-10)18-9-3-1-8(2-4-9)13(15)16;;;;;;;/h1-10,15,17,20-21H,11-14,16,24H2,(H,26,27);1-10,17-18H,11-14,19-20H2;1-5,7H,6H2;6*1H;/q;;;;;;;;;+3/p-3/t20-,21-;17-,18-;;;;;;;;/m11......../s1. The van der Waals surface area contributed by atoms with Crippen LogP contribution in [0.1, 0.15) is 57.7 Å². The van der Waals surface area contributed by atoms with Gasteiger partial charge in [0.1, 0.15) is 19.0 Å². The number of halogens is 6. The van der Waals surface area contributed by atoms with Crippen LogP contribution in [0.15, 0.2) is 169 Å². The molecule has 0 aliphatic heterocycles. The number of nitrogens with two attached hydrogens (primary N) is 3. The average molecular weight is 1500 g/mol. The first kappa shape index (κ1) is 69.8. The molecule has 406 valence electrons. The Morgan fingerprint density at radius 3 is 1.29 bits per heavy atom. The van der Waals surface area contributed by atoms with Crippen LogP contribution < -0.4 is 27.3 Å². The monoisotopic (exact) mass is 1500 g/mol. The number of alkyl carbamates (subject to hydrolysis) is 1. The number of hydrogen-bond acceptors (Lipinski definition) is 14. The van der Waals surface area contributed by atoms with Gasteiger partial charge in [-0.3, -0.25) is 20.1 Å². The molecule has 7 rings (SSSR count). The SMILES string of the molecule is Cl.Cl.Cl.N[C@H](CC[C@@H](N)Cc1ccccc1)Cc1ccccc1.N[C@H](CC[C@H](Cc1ccccc1)NC(=O)OCc1cncs1)Cc1ccccc1.O=C(OCc1cncs1)Oc1ccc([N+](=O)[O-])cc1.[I][V]([I])[I]. The molecule has 2 heterocycles. The van der Waals surface area contributed by atoms with Gasteiger partial charge in [0, 0.05) is 48.7 Å². The fourth-order valence-corrected chi connectivity index (χ4v) is 7.90. The summed E-state index contributed by atoms with van der Waals surface area (Å²) in [6, 6.07) is 46.8. The molecule has 0 bridgehead atoms. The molecule has 5 aromatic carbocycles. The van der Waals surface area contributed by atoms with Crippen LogP contribution in [0.2, 0.25) is 0 Å². The molecule has 0 saturated carbocycles. The summed E-state index contributed by atoms with van der Waals surface area (Å²) in [5.74, 6) is 0.180. The van der Waals surface area contributed by atoms with Crippen molar-refractivity contribution in [1.82, 2.24) is 15.3 Å². The van der Waals surface area contributed by atoms with E-state index < -0.39 is 17.2 Å². The number of nitro groups is 1. The number of carbonyl (C=O) groups is 2. The fraction of sp³-hybridized carbons (Fsp3) is 0.269. The van der Waals surface area contributed by atoms with Gasteiger partial charge in [-0.05, 0) is 85.8 Å². The Labute approximate surface area is 504 Å². The number of nitrogens with one attached hydrogen (secondary N) is 1. The number of thiazole rings is 2. The second-order valence-electron chi connectivity index (χ2n) is 16.1. The van der Waals surface area contributed by atoms with E-state index >= 15 is 0 Å². The van der Waals surface area contributed by atoms with Crippen molar-refractivity contribution >= 4 is 138 Å². The van der Waals surface area contributed by atoms with Crippen LogP contribution in [0.4, 0.5) is 15.3 Å². The van der Waals surface area contributed by atoms with Crippen LogP contribution in [0.25, 0.3) is 0 Å². The van der Waals surface area contributed by atoms with Gasteiger partial charge in [-0.15, -0.1) is 59.9 Å². The number of carbonyl (C=O) groups excluding carboxylic acids is 2. The third-order valence-electron chi connectivity index (χ3n) is 10.4. The van der Waals surface area contributed by atoms with Gasteiger partial charge in [0.15, 0.2) is 0 Å². The van der Waals surface area contributed by atoms with E-state index in [9.17, 15) is 19.7 Å². The molecule has 4 atom stereocenters. The first-order valence-corrected chi connectivity index (χ1v) is 38.1. The Morgan fingerprint density at radius 1 is 0.573 bits per heavy atom. The first-order valence-electron chi connectivity index (χ1n) is 22.8. The molecule has 7 aromatic rings. The molecule has 0 radical (unpaired) electrons. The average Bonchev–Trinajstić information content (AvgIpc) is 4.11. The van der Waals surface area contributed by atoms with Crippen molar-refractivity contribution in [2.75, 3.05) is 0 Å². The van der Waals surface area contributed by atoms with E-state index in [1.807, 2.05) is 48.5 Å². The minimum atomic E-state index is -0.873. The molecule has 2 aromatic heterocycles. The summed E-state index contributed by atoms with van der Waals surface area (Å²) in [5, 5.41) is 13.5. The van der Waals surface area contributed by atoms with Crippen molar-refractivity contribution in [3.05, 3.63) is 211 Å². The minimum absolute atomic E-state index is 0. The summed E-state index contributed by atoms with van der Waals surface area (Å²) in [7, 11) is 0.